The highest BCUT2D eigenvalue weighted by Crippen LogP contribution is 2.35. The van der Waals surface area contributed by atoms with Crippen molar-refractivity contribution in [2.45, 2.75) is 16.0 Å². The number of hydrogen-bond acceptors (Lipinski definition) is 3. The van der Waals surface area contributed by atoms with Crippen LogP contribution in [0.3, 0.4) is 0 Å². The monoisotopic (exact) mass is 301 g/mol. The Morgan fingerprint density at radius 3 is 2.05 bits per heavy atom. The number of sulfone groups is 1. The van der Waals surface area contributed by atoms with Gasteiger partial charge in [-0.05, 0) is 30.3 Å². The normalized spacial score (nSPS) is 12.3. The summed E-state index contributed by atoms with van der Waals surface area (Å²) in [4.78, 5) is -0.511. The van der Waals surface area contributed by atoms with E-state index in [0.29, 0.717) is 6.07 Å². The Hall–Kier alpha value is -2.02. The molecule has 0 radical (unpaired) electrons. The molecule has 20 heavy (non-hydrogen) atoms. The highest BCUT2D eigenvalue weighted by molar-refractivity contribution is 7.91. The van der Waals surface area contributed by atoms with Gasteiger partial charge in [0.15, 0.2) is 0 Å². The molecule has 0 amide bonds. The second-order valence-electron chi connectivity index (χ2n) is 4.06. The summed E-state index contributed by atoms with van der Waals surface area (Å²) in [5.74, 6) is 0. The van der Waals surface area contributed by atoms with Crippen molar-refractivity contribution in [2.75, 3.05) is 5.73 Å². The lowest BCUT2D eigenvalue weighted by molar-refractivity contribution is -0.137. The highest BCUT2D eigenvalue weighted by Gasteiger charge is 2.34. The number of nitrogen functional groups attached to an aromatic ring is 1. The van der Waals surface area contributed by atoms with E-state index in [2.05, 4.69) is 0 Å². The molecule has 0 heterocycles. The number of rotatable bonds is 2. The van der Waals surface area contributed by atoms with Crippen LogP contribution in [0.4, 0.5) is 18.9 Å². The number of nitrogens with two attached hydrogens (primary N) is 1. The third-order valence-corrected chi connectivity index (χ3v) is 4.46. The Labute approximate surface area is 113 Å². The van der Waals surface area contributed by atoms with E-state index in [1.165, 1.54) is 24.3 Å². The summed E-state index contributed by atoms with van der Waals surface area (Å²) < 4.78 is 62.7. The first kappa shape index (κ1) is 14.4. The van der Waals surface area contributed by atoms with Crippen LogP contribution < -0.4 is 5.73 Å². The van der Waals surface area contributed by atoms with Gasteiger partial charge in [-0.2, -0.15) is 13.2 Å². The summed E-state index contributed by atoms with van der Waals surface area (Å²) in [6.45, 7) is 0. The van der Waals surface area contributed by atoms with Crippen molar-refractivity contribution in [1.82, 2.24) is 0 Å². The fourth-order valence-electron chi connectivity index (χ4n) is 1.68. The van der Waals surface area contributed by atoms with Crippen molar-refractivity contribution >= 4 is 15.5 Å². The van der Waals surface area contributed by atoms with Gasteiger partial charge in [0.1, 0.15) is 0 Å². The molecule has 106 valence electrons. The number of halogens is 3. The Kier molecular flexibility index (Phi) is 3.47. The van der Waals surface area contributed by atoms with Crippen molar-refractivity contribution in [2.24, 2.45) is 0 Å². The van der Waals surface area contributed by atoms with Gasteiger partial charge in [-0.1, -0.05) is 18.2 Å². The van der Waals surface area contributed by atoms with Gasteiger partial charge in [-0.3, -0.25) is 0 Å². The first-order chi connectivity index (χ1) is 9.23. The van der Waals surface area contributed by atoms with Crippen molar-refractivity contribution in [1.29, 1.82) is 0 Å². The van der Waals surface area contributed by atoms with Gasteiger partial charge in [0.2, 0.25) is 9.84 Å². The molecule has 0 atom stereocenters. The molecule has 2 rings (SSSR count). The summed E-state index contributed by atoms with van der Waals surface area (Å²) >= 11 is 0. The van der Waals surface area contributed by atoms with E-state index < -0.39 is 32.2 Å². The number of alkyl halides is 3. The minimum Gasteiger partial charge on any atom is -0.398 e. The van der Waals surface area contributed by atoms with Crippen LogP contribution >= 0.6 is 0 Å². The van der Waals surface area contributed by atoms with Gasteiger partial charge >= 0.3 is 6.18 Å². The van der Waals surface area contributed by atoms with Crippen molar-refractivity contribution < 1.29 is 21.6 Å². The molecular weight excluding hydrogens is 291 g/mol. The summed E-state index contributed by atoms with van der Waals surface area (Å²) in [6, 6.07) is 9.80. The third kappa shape index (κ3) is 2.62. The lowest BCUT2D eigenvalue weighted by Crippen LogP contribution is -2.11. The number of benzene rings is 2. The molecule has 0 aliphatic carbocycles. The predicted octanol–water partition coefficient (Wildman–Crippen LogP) is 3.12. The smallest absolute Gasteiger partial charge is 0.398 e. The fraction of sp³-hybridized carbons (Fsp3) is 0.0769. The van der Waals surface area contributed by atoms with Crippen LogP contribution in [0.25, 0.3) is 0 Å². The maximum absolute atomic E-state index is 12.7. The highest BCUT2D eigenvalue weighted by atomic mass is 32.2. The van der Waals surface area contributed by atoms with Gasteiger partial charge in [0.05, 0.1) is 15.4 Å². The average molecular weight is 301 g/mol. The van der Waals surface area contributed by atoms with Crippen LogP contribution in [0, 0.1) is 0 Å². The molecule has 3 nitrogen and oxygen atoms in total. The van der Waals surface area contributed by atoms with Crippen LogP contribution in [-0.4, -0.2) is 8.42 Å². The molecular formula is C13H10F3NO2S. The van der Waals surface area contributed by atoms with Crippen LogP contribution in [-0.2, 0) is 16.0 Å². The van der Waals surface area contributed by atoms with Crippen molar-refractivity contribution in [3.63, 3.8) is 0 Å². The topological polar surface area (TPSA) is 60.2 Å². The fourth-order valence-corrected chi connectivity index (χ4v) is 2.99. The molecule has 0 unspecified atom stereocenters. The number of anilines is 1. The molecule has 0 aromatic heterocycles. The second kappa shape index (κ2) is 4.82. The first-order valence-corrected chi connectivity index (χ1v) is 6.98. The molecule has 0 fully saturated rings. The van der Waals surface area contributed by atoms with E-state index in [-0.39, 0.29) is 4.90 Å². The first-order valence-electron chi connectivity index (χ1n) is 5.50. The van der Waals surface area contributed by atoms with Crippen LogP contribution in [0.5, 0.6) is 0 Å². The Morgan fingerprint density at radius 1 is 0.900 bits per heavy atom. The minimum absolute atomic E-state index is 0.0714. The summed E-state index contributed by atoms with van der Waals surface area (Å²) in [7, 11) is -3.99. The van der Waals surface area contributed by atoms with Crippen molar-refractivity contribution in [3.05, 3.63) is 54.1 Å². The Balaban J connectivity index is 2.60. The van der Waals surface area contributed by atoms with E-state index in [1.54, 1.807) is 6.07 Å². The molecule has 0 aliphatic heterocycles. The SMILES string of the molecule is Nc1ccc(S(=O)(=O)c2ccccc2)cc1C(F)(F)F. The lowest BCUT2D eigenvalue weighted by atomic mass is 10.2. The van der Waals surface area contributed by atoms with Crippen LogP contribution in [0.1, 0.15) is 5.56 Å². The molecule has 0 saturated heterocycles. The predicted molar refractivity (Wildman–Crippen MR) is 67.8 cm³/mol. The summed E-state index contributed by atoms with van der Waals surface area (Å²) in [6.07, 6.45) is -4.70. The maximum Gasteiger partial charge on any atom is 0.418 e. The Morgan fingerprint density at radius 2 is 1.50 bits per heavy atom. The Bertz CT molecular complexity index is 725. The van der Waals surface area contributed by atoms with E-state index in [4.69, 9.17) is 5.73 Å². The van der Waals surface area contributed by atoms with Gasteiger partial charge in [0.25, 0.3) is 0 Å². The molecule has 2 aromatic rings. The van der Waals surface area contributed by atoms with Crippen LogP contribution in [0.15, 0.2) is 58.3 Å². The zero-order valence-electron chi connectivity index (χ0n) is 10.1. The van der Waals surface area contributed by atoms with Gasteiger partial charge in [-0.25, -0.2) is 8.42 Å². The molecule has 0 aliphatic rings. The summed E-state index contributed by atoms with van der Waals surface area (Å²) in [5.41, 5.74) is 3.58. The standard InChI is InChI=1S/C13H10F3NO2S/c14-13(15,16)11-8-10(6-7-12(11)17)20(18,19)9-4-2-1-3-5-9/h1-8H,17H2. The molecule has 2 N–H and O–H groups in total. The average Bonchev–Trinajstić information content (AvgIpc) is 2.38. The second-order valence-corrected chi connectivity index (χ2v) is 6.01. The maximum atomic E-state index is 12.7. The third-order valence-electron chi connectivity index (χ3n) is 2.69. The van der Waals surface area contributed by atoms with E-state index in [0.717, 1.165) is 12.1 Å². The van der Waals surface area contributed by atoms with Crippen molar-refractivity contribution in [3.8, 4) is 0 Å². The van der Waals surface area contributed by atoms with Gasteiger partial charge in [-0.15, -0.1) is 0 Å². The molecule has 0 bridgehead atoms. The van der Waals surface area contributed by atoms with Gasteiger partial charge in [0, 0.05) is 5.69 Å². The zero-order chi connectivity index (χ0) is 15.0. The van der Waals surface area contributed by atoms with E-state index in [1.807, 2.05) is 0 Å². The van der Waals surface area contributed by atoms with Crippen LogP contribution in [0.2, 0.25) is 0 Å². The zero-order valence-corrected chi connectivity index (χ0v) is 10.9. The van der Waals surface area contributed by atoms with E-state index in [9.17, 15) is 21.6 Å². The molecule has 2 aromatic carbocycles. The molecule has 0 spiro atoms. The lowest BCUT2D eigenvalue weighted by Gasteiger charge is -2.12. The largest absolute Gasteiger partial charge is 0.418 e. The molecule has 7 heteroatoms. The quantitative estimate of drug-likeness (QED) is 0.867. The van der Waals surface area contributed by atoms with E-state index >= 15 is 0 Å². The number of hydrogen-bond donors (Lipinski definition) is 1. The molecule has 0 saturated carbocycles. The summed E-state index contributed by atoms with van der Waals surface area (Å²) in [5, 5.41) is 0. The van der Waals surface area contributed by atoms with Gasteiger partial charge < -0.3 is 5.73 Å². The minimum atomic E-state index is -4.70.